The maximum absolute atomic E-state index is 2.29. The van der Waals surface area contributed by atoms with E-state index in [1.165, 1.54) is 18.4 Å². The Hall–Kier alpha value is -1.30. The van der Waals surface area contributed by atoms with Crippen molar-refractivity contribution < 1.29 is 0 Å². The molecule has 1 aromatic rings. The normalized spacial score (nSPS) is 16.5. The SMILES string of the molecule is CCCC(C1=CC=CC1)c1ccccc1. The van der Waals surface area contributed by atoms with Crippen molar-refractivity contribution in [1.29, 1.82) is 0 Å². The zero-order valence-corrected chi connectivity index (χ0v) is 9.32. The van der Waals surface area contributed by atoms with Crippen LogP contribution in [-0.2, 0) is 0 Å². The van der Waals surface area contributed by atoms with Gasteiger partial charge in [0.1, 0.15) is 0 Å². The van der Waals surface area contributed by atoms with E-state index in [1.807, 2.05) is 0 Å². The molecule has 0 aromatic heterocycles. The van der Waals surface area contributed by atoms with Gasteiger partial charge in [-0.3, -0.25) is 0 Å². The largest absolute Gasteiger partial charge is 0.0804 e. The Morgan fingerprint density at radius 1 is 1.20 bits per heavy atom. The second-order valence-electron chi connectivity index (χ2n) is 4.13. The first-order valence-corrected chi connectivity index (χ1v) is 5.82. The summed E-state index contributed by atoms with van der Waals surface area (Å²) in [5, 5.41) is 0. The number of allylic oxidation sites excluding steroid dienone is 4. The molecule has 1 aliphatic carbocycles. The van der Waals surface area contributed by atoms with Crippen molar-refractivity contribution in [3.05, 3.63) is 59.7 Å². The van der Waals surface area contributed by atoms with Gasteiger partial charge < -0.3 is 0 Å². The maximum Gasteiger partial charge on any atom is 0.00542 e. The first kappa shape index (κ1) is 10.2. The molecule has 0 bridgehead atoms. The summed E-state index contributed by atoms with van der Waals surface area (Å²) in [7, 11) is 0. The van der Waals surface area contributed by atoms with Crippen LogP contribution in [0.1, 0.15) is 37.7 Å². The monoisotopic (exact) mass is 198 g/mol. The lowest BCUT2D eigenvalue weighted by molar-refractivity contribution is 0.678. The molecule has 1 unspecified atom stereocenters. The van der Waals surface area contributed by atoms with Gasteiger partial charge in [-0.1, -0.05) is 67.5 Å². The number of rotatable bonds is 4. The smallest absolute Gasteiger partial charge is 0.00542 e. The molecule has 0 saturated carbocycles. The third kappa shape index (κ3) is 2.38. The van der Waals surface area contributed by atoms with Gasteiger partial charge in [0.05, 0.1) is 0 Å². The van der Waals surface area contributed by atoms with Gasteiger partial charge in [-0.15, -0.1) is 0 Å². The van der Waals surface area contributed by atoms with Gasteiger partial charge >= 0.3 is 0 Å². The first-order valence-electron chi connectivity index (χ1n) is 5.82. The molecule has 0 heteroatoms. The molecule has 0 saturated heterocycles. The quantitative estimate of drug-likeness (QED) is 0.670. The second kappa shape index (κ2) is 4.97. The van der Waals surface area contributed by atoms with E-state index < -0.39 is 0 Å². The molecule has 1 aromatic carbocycles. The minimum Gasteiger partial charge on any atom is -0.0804 e. The molecule has 0 spiro atoms. The molecule has 78 valence electrons. The molecule has 0 aliphatic heterocycles. The lowest BCUT2D eigenvalue weighted by Crippen LogP contribution is -2.00. The van der Waals surface area contributed by atoms with E-state index in [0.29, 0.717) is 5.92 Å². The van der Waals surface area contributed by atoms with Crippen molar-refractivity contribution in [2.45, 2.75) is 32.1 Å². The summed E-state index contributed by atoms with van der Waals surface area (Å²) in [6.45, 7) is 2.26. The van der Waals surface area contributed by atoms with Gasteiger partial charge in [-0.2, -0.15) is 0 Å². The molecule has 0 fully saturated rings. The fraction of sp³-hybridized carbons (Fsp3) is 0.333. The fourth-order valence-corrected chi connectivity index (χ4v) is 2.26. The summed E-state index contributed by atoms with van der Waals surface area (Å²) in [4.78, 5) is 0. The van der Waals surface area contributed by atoms with Gasteiger partial charge in [0.2, 0.25) is 0 Å². The molecule has 1 aliphatic rings. The van der Waals surface area contributed by atoms with E-state index in [0.717, 1.165) is 6.42 Å². The Kier molecular flexibility index (Phi) is 3.39. The molecule has 0 heterocycles. The third-order valence-corrected chi connectivity index (χ3v) is 3.03. The zero-order chi connectivity index (χ0) is 10.5. The predicted octanol–water partition coefficient (Wildman–Crippen LogP) is 4.46. The molecule has 0 amide bonds. The lowest BCUT2D eigenvalue weighted by atomic mass is 9.87. The highest BCUT2D eigenvalue weighted by atomic mass is 14.2. The summed E-state index contributed by atoms with van der Waals surface area (Å²) in [5.41, 5.74) is 3.04. The highest BCUT2D eigenvalue weighted by molar-refractivity contribution is 5.35. The van der Waals surface area contributed by atoms with Gasteiger partial charge in [-0.25, -0.2) is 0 Å². The average molecular weight is 198 g/mol. The van der Waals surface area contributed by atoms with Crippen molar-refractivity contribution in [2.75, 3.05) is 0 Å². The van der Waals surface area contributed by atoms with Crippen LogP contribution in [0.3, 0.4) is 0 Å². The van der Waals surface area contributed by atoms with Crippen LogP contribution in [0, 0.1) is 0 Å². The highest BCUT2D eigenvalue weighted by Crippen LogP contribution is 2.33. The minimum absolute atomic E-state index is 0.631. The van der Waals surface area contributed by atoms with Crippen LogP contribution in [0.2, 0.25) is 0 Å². The summed E-state index contributed by atoms with van der Waals surface area (Å²) in [6.07, 6.45) is 10.4. The Morgan fingerprint density at radius 3 is 2.60 bits per heavy atom. The molecule has 2 rings (SSSR count). The van der Waals surface area contributed by atoms with Crippen LogP contribution >= 0.6 is 0 Å². The Balaban J connectivity index is 2.20. The van der Waals surface area contributed by atoms with Crippen molar-refractivity contribution in [2.24, 2.45) is 0 Å². The number of hydrogen-bond donors (Lipinski definition) is 0. The highest BCUT2D eigenvalue weighted by Gasteiger charge is 2.15. The van der Waals surface area contributed by atoms with Crippen LogP contribution in [0.15, 0.2) is 54.1 Å². The van der Waals surface area contributed by atoms with Crippen molar-refractivity contribution in [3.8, 4) is 0 Å². The Labute approximate surface area is 92.3 Å². The molecule has 0 radical (unpaired) electrons. The van der Waals surface area contributed by atoms with E-state index in [9.17, 15) is 0 Å². The van der Waals surface area contributed by atoms with Crippen LogP contribution in [-0.4, -0.2) is 0 Å². The summed E-state index contributed by atoms with van der Waals surface area (Å²) in [6, 6.07) is 10.9. The first-order chi connectivity index (χ1) is 7.42. The average Bonchev–Trinajstić information content (AvgIpc) is 2.80. The minimum atomic E-state index is 0.631. The van der Waals surface area contributed by atoms with Gasteiger partial charge in [0, 0.05) is 5.92 Å². The zero-order valence-electron chi connectivity index (χ0n) is 9.32. The Morgan fingerprint density at radius 2 is 2.00 bits per heavy atom. The van der Waals surface area contributed by atoms with E-state index in [-0.39, 0.29) is 0 Å². The van der Waals surface area contributed by atoms with E-state index >= 15 is 0 Å². The van der Waals surface area contributed by atoms with Crippen LogP contribution in [0.25, 0.3) is 0 Å². The molecular weight excluding hydrogens is 180 g/mol. The van der Waals surface area contributed by atoms with Gasteiger partial charge in [0.25, 0.3) is 0 Å². The van der Waals surface area contributed by atoms with Gasteiger partial charge in [-0.05, 0) is 18.4 Å². The van der Waals surface area contributed by atoms with Crippen molar-refractivity contribution in [1.82, 2.24) is 0 Å². The molecule has 0 N–H and O–H groups in total. The standard InChI is InChI=1S/C15H18/c1-2-8-15(14-11-6-7-12-14)13-9-4-3-5-10-13/h3-7,9-11,15H,2,8,12H2,1H3. The Bertz CT molecular complexity index is 357. The topological polar surface area (TPSA) is 0 Å². The van der Waals surface area contributed by atoms with E-state index in [1.54, 1.807) is 5.57 Å². The van der Waals surface area contributed by atoms with Crippen molar-refractivity contribution in [3.63, 3.8) is 0 Å². The summed E-state index contributed by atoms with van der Waals surface area (Å²) >= 11 is 0. The molecule has 0 nitrogen and oxygen atoms in total. The molecular formula is C15H18. The third-order valence-electron chi connectivity index (χ3n) is 3.03. The van der Waals surface area contributed by atoms with Crippen LogP contribution < -0.4 is 0 Å². The van der Waals surface area contributed by atoms with Crippen LogP contribution in [0.4, 0.5) is 0 Å². The fourth-order valence-electron chi connectivity index (χ4n) is 2.26. The molecule has 1 atom stereocenters. The van der Waals surface area contributed by atoms with Gasteiger partial charge in [0.15, 0.2) is 0 Å². The predicted molar refractivity (Wildman–Crippen MR) is 65.9 cm³/mol. The number of hydrogen-bond acceptors (Lipinski definition) is 0. The van der Waals surface area contributed by atoms with Crippen molar-refractivity contribution >= 4 is 0 Å². The number of benzene rings is 1. The summed E-state index contributed by atoms with van der Waals surface area (Å²) in [5.74, 6) is 0.631. The molecule has 15 heavy (non-hydrogen) atoms. The van der Waals surface area contributed by atoms with E-state index in [2.05, 4.69) is 55.5 Å². The lowest BCUT2D eigenvalue weighted by Gasteiger charge is -2.18. The second-order valence-corrected chi connectivity index (χ2v) is 4.13. The maximum atomic E-state index is 2.29. The summed E-state index contributed by atoms with van der Waals surface area (Å²) < 4.78 is 0. The van der Waals surface area contributed by atoms with E-state index in [4.69, 9.17) is 0 Å². The van der Waals surface area contributed by atoms with Crippen LogP contribution in [0.5, 0.6) is 0 Å².